The van der Waals surface area contributed by atoms with Gasteiger partial charge in [-0.1, -0.05) is 6.92 Å². The van der Waals surface area contributed by atoms with Crippen LogP contribution in [0.25, 0.3) is 0 Å². The van der Waals surface area contributed by atoms with E-state index in [4.69, 9.17) is 0 Å². The largest absolute Gasteiger partial charge is 0.313 e. The Morgan fingerprint density at radius 1 is 1.69 bits per heavy atom. The van der Waals surface area contributed by atoms with E-state index in [2.05, 4.69) is 23.4 Å². The Kier molecular flexibility index (Phi) is 2.36. The molecule has 0 aromatic carbocycles. The zero-order valence-electron chi connectivity index (χ0n) is 8.33. The standard InChI is InChI=1S/C10H17N3/c1-8-7-10(8)11-5-3-9-4-6-12-13(9)2/h4,6,8,10-11H,3,5,7H2,1-2H3. The van der Waals surface area contributed by atoms with Gasteiger partial charge in [0.25, 0.3) is 0 Å². The fourth-order valence-corrected chi connectivity index (χ4v) is 1.64. The van der Waals surface area contributed by atoms with Gasteiger partial charge in [-0.3, -0.25) is 4.68 Å². The minimum absolute atomic E-state index is 0.785. The number of aromatic nitrogens is 2. The summed E-state index contributed by atoms with van der Waals surface area (Å²) in [5.41, 5.74) is 1.31. The zero-order chi connectivity index (χ0) is 9.26. The van der Waals surface area contributed by atoms with Gasteiger partial charge in [0.2, 0.25) is 0 Å². The third kappa shape index (κ3) is 2.10. The second-order valence-electron chi connectivity index (χ2n) is 3.97. The Hall–Kier alpha value is -0.830. The van der Waals surface area contributed by atoms with Crippen molar-refractivity contribution in [1.29, 1.82) is 0 Å². The van der Waals surface area contributed by atoms with E-state index in [1.54, 1.807) is 0 Å². The highest BCUT2D eigenvalue weighted by atomic mass is 15.3. The van der Waals surface area contributed by atoms with Gasteiger partial charge in [0, 0.05) is 37.9 Å². The van der Waals surface area contributed by atoms with Crippen molar-refractivity contribution in [3.8, 4) is 0 Å². The summed E-state index contributed by atoms with van der Waals surface area (Å²) in [7, 11) is 2.00. The molecule has 1 aromatic rings. The van der Waals surface area contributed by atoms with Crippen LogP contribution in [0.15, 0.2) is 12.3 Å². The molecule has 1 aliphatic rings. The monoisotopic (exact) mass is 179 g/mol. The van der Waals surface area contributed by atoms with Crippen LogP contribution in [0, 0.1) is 5.92 Å². The van der Waals surface area contributed by atoms with Gasteiger partial charge in [0.1, 0.15) is 0 Å². The number of rotatable bonds is 4. The molecule has 1 fully saturated rings. The van der Waals surface area contributed by atoms with E-state index >= 15 is 0 Å². The average molecular weight is 179 g/mol. The van der Waals surface area contributed by atoms with Gasteiger partial charge in [-0.2, -0.15) is 5.10 Å². The molecule has 3 nitrogen and oxygen atoms in total. The average Bonchev–Trinajstić information content (AvgIpc) is 2.63. The van der Waals surface area contributed by atoms with Gasteiger partial charge in [-0.05, 0) is 18.4 Å². The van der Waals surface area contributed by atoms with Crippen molar-refractivity contribution >= 4 is 0 Å². The van der Waals surface area contributed by atoms with E-state index in [0.717, 1.165) is 24.9 Å². The number of hydrogen-bond donors (Lipinski definition) is 1. The van der Waals surface area contributed by atoms with Crippen LogP contribution >= 0.6 is 0 Å². The van der Waals surface area contributed by atoms with Gasteiger partial charge >= 0.3 is 0 Å². The highest BCUT2D eigenvalue weighted by Gasteiger charge is 2.31. The molecule has 0 bridgehead atoms. The van der Waals surface area contributed by atoms with Crippen molar-refractivity contribution in [2.24, 2.45) is 13.0 Å². The maximum Gasteiger partial charge on any atom is 0.0492 e. The van der Waals surface area contributed by atoms with Crippen LogP contribution in [0.2, 0.25) is 0 Å². The van der Waals surface area contributed by atoms with E-state index in [9.17, 15) is 0 Å². The van der Waals surface area contributed by atoms with Crippen LogP contribution in [0.3, 0.4) is 0 Å². The molecule has 1 aromatic heterocycles. The molecule has 0 radical (unpaired) electrons. The lowest BCUT2D eigenvalue weighted by Gasteiger charge is -2.03. The molecule has 1 saturated carbocycles. The van der Waals surface area contributed by atoms with Crippen LogP contribution in [0.1, 0.15) is 19.0 Å². The van der Waals surface area contributed by atoms with Crippen molar-refractivity contribution in [1.82, 2.24) is 15.1 Å². The molecule has 2 unspecified atom stereocenters. The van der Waals surface area contributed by atoms with E-state index in [1.807, 2.05) is 17.9 Å². The molecule has 1 heterocycles. The van der Waals surface area contributed by atoms with Crippen molar-refractivity contribution in [3.05, 3.63) is 18.0 Å². The van der Waals surface area contributed by atoms with Gasteiger partial charge in [-0.25, -0.2) is 0 Å². The topological polar surface area (TPSA) is 29.9 Å². The van der Waals surface area contributed by atoms with Crippen molar-refractivity contribution in [2.45, 2.75) is 25.8 Å². The number of nitrogens with zero attached hydrogens (tertiary/aromatic N) is 2. The van der Waals surface area contributed by atoms with Gasteiger partial charge in [-0.15, -0.1) is 0 Å². The second-order valence-corrected chi connectivity index (χ2v) is 3.97. The zero-order valence-corrected chi connectivity index (χ0v) is 8.33. The van der Waals surface area contributed by atoms with Crippen molar-refractivity contribution in [2.75, 3.05) is 6.54 Å². The molecule has 13 heavy (non-hydrogen) atoms. The lowest BCUT2D eigenvalue weighted by atomic mass is 10.3. The number of hydrogen-bond acceptors (Lipinski definition) is 2. The van der Waals surface area contributed by atoms with E-state index < -0.39 is 0 Å². The minimum atomic E-state index is 0.785. The maximum atomic E-state index is 4.13. The molecule has 0 aliphatic heterocycles. The van der Waals surface area contributed by atoms with Crippen LogP contribution in [-0.4, -0.2) is 22.4 Å². The quantitative estimate of drug-likeness (QED) is 0.746. The van der Waals surface area contributed by atoms with E-state index in [1.165, 1.54) is 12.1 Å². The van der Waals surface area contributed by atoms with E-state index in [-0.39, 0.29) is 0 Å². The number of aryl methyl sites for hydroxylation is 1. The lowest BCUT2D eigenvalue weighted by molar-refractivity contribution is 0.622. The highest BCUT2D eigenvalue weighted by Crippen LogP contribution is 2.28. The molecule has 3 heteroatoms. The van der Waals surface area contributed by atoms with Crippen LogP contribution in [0.4, 0.5) is 0 Å². The van der Waals surface area contributed by atoms with Gasteiger partial charge < -0.3 is 5.32 Å². The highest BCUT2D eigenvalue weighted by molar-refractivity contribution is 5.01. The predicted octanol–water partition coefficient (Wildman–Crippen LogP) is 0.961. The summed E-state index contributed by atoms with van der Waals surface area (Å²) in [6.07, 6.45) is 4.29. The summed E-state index contributed by atoms with van der Waals surface area (Å²) in [6.45, 7) is 3.37. The first-order valence-electron chi connectivity index (χ1n) is 4.97. The summed E-state index contributed by atoms with van der Waals surface area (Å²) in [5, 5.41) is 7.66. The molecule has 0 amide bonds. The Morgan fingerprint density at radius 2 is 2.46 bits per heavy atom. The summed E-state index contributed by atoms with van der Waals surface area (Å²) < 4.78 is 1.94. The lowest BCUT2D eigenvalue weighted by Crippen LogP contribution is -2.21. The molecule has 0 saturated heterocycles. The van der Waals surface area contributed by atoms with Gasteiger partial charge in [0.05, 0.1) is 0 Å². The Morgan fingerprint density at radius 3 is 3.00 bits per heavy atom. The third-order valence-electron chi connectivity index (χ3n) is 2.82. The summed E-state index contributed by atoms with van der Waals surface area (Å²) >= 11 is 0. The summed E-state index contributed by atoms with van der Waals surface area (Å²) in [4.78, 5) is 0. The maximum absolute atomic E-state index is 4.13. The normalized spacial score (nSPS) is 26.3. The number of nitrogens with one attached hydrogen (secondary N) is 1. The van der Waals surface area contributed by atoms with Crippen LogP contribution in [0.5, 0.6) is 0 Å². The summed E-state index contributed by atoms with van der Waals surface area (Å²) in [5.74, 6) is 0.895. The first kappa shape index (κ1) is 8.75. The second kappa shape index (κ2) is 3.50. The first-order chi connectivity index (χ1) is 6.27. The van der Waals surface area contributed by atoms with Crippen molar-refractivity contribution < 1.29 is 0 Å². The van der Waals surface area contributed by atoms with Gasteiger partial charge in [0.15, 0.2) is 0 Å². The molecule has 2 rings (SSSR count). The first-order valence-corrected chi connectivity index (χ1v) is 4.97. The summed E-state index contributed by atoms with van der Waals surface area (Å²) in [6, 6.07) is 2.87. The molecular formula is C10H17N3. The van der Waals surface area contributed by atoms with Crippen molar-refractivity contribution in [3.63, 3.8) is 0 Å². The third-order valence-corrected chi connectivity index (χ3v) is 2.82. The molecule has 1 aliphatic carbocycles. The fourth-order valence-electron chi connectivity index (χ4n) is 1.64. The van der Waals surface area contributed by atoms with Crippen LogP contribution in [-0.2, 0) is 13.5 Å². The minimum Gasteiger partial charge on any atom is -0.313 e. The fraction of sp³-hybridized carbons (Fsp3) is 0.700. The Bertz CT molecular complexity index is 279. The molecule has 72 valence electrons. The Balaban J connectivity index is 1.71. The Labute approximate surface area is 79.1 Å². The SMILES string of the molecule is CC1CC1NCCc1ccnn1C. The molecular weight excluding hydrogens is 162 g/mol. The van der Waals surface area contributed by atoms with Crippen LogP contribution < -0.4 is 5.32 Å². The van der Waals surface area contributed by atoms with E-state index in [0.29, 0.717) is 0 Å². The molecule has 1 N–H and O–H groups in total. The smallest absolute Gasteiger partial charge is 0.0492 e. The molecule has 2 atom stereocenters. The molecule has 0 spiro atoms. The predicted molar refractivity (Wildman–Crippen MR) is 52.5 cm³/mol.